The minimum Gasteiger partial charge on any atom is -0.374 e. The van der Waals surface area contributed by atoms with Gasteiger partial charge in [0, 0.05) is 25.9 Å². The number of hydrogen-bond acceptors (Lipinski definition) is 3. The second-order valence-corrected chi connectivity index (χ2v) is 6.67. The largest absolute Gasteiger partial charge is 0.501 e. The van der Waals surface area contributed by atoms with Crippen molar-refractivity contribution in [1.29, 1.82) is 0 Å². The monoisotopic (exact) mass is 256 g/mol. The first-order valence-electron chi connectivity index (χ1n) is 6.52. The van der Waals surface area contributed by atoms with Crippen molar-refractivity contribution in [2.45, 2.75) is 39.7 Å². The fraction of sp³-hybridized carbons (Fsp3) is 0.692. The summed E-state index contributed by atoms with van der Waals surface area (Å²) in [7, 11) is -2.43. The second kappa shape index (κ2) is 7.82. The van der Waals surface area contributed by atoms with Crippen LogP contribution in [0.25, 0.3) is 0 Å². The number of hydrogen-bond donors (Lipinski definition) is 0. The van der Waals surface area contributed by atoms with Gasteiger partial charge in [0.2, 0.25) is 0 Å². The van der Waals surface area contributed by atoms with Crippen molar-refractivity contribution in [1.82, 2.24) is 0 Å². The highest BCUT2D eigenvalue weighted by atomic mass is 28.4. The molecule has 0 bridgehead atoms. The summed E-state index contributed by atoms with van der Waals surface area (Å²) in [5, 5.41) is 0. The predicted molar refractivity (Wildman–Crippen MR) is 71.9 cm³/mol. The quantitative estimate of drug-likeness (QED) is 0.592. The van der Waals surface area contributed by atoms with Crippen LogP contribution in [0.5, 0.6) is 0 Å². The highest BCUT2D eigenvalue weighted by Gasteiger charge is 2.39. The van der Waals surface area contributed by atoms with Crippen molar-refractivity contribution in [2.24, 2.45) is 0 Å². The maximum Gasteiger partial charge on any atom is 0.501 e. The summed E-state index contributed by atoms with van der Waals surface area (Å²) in [5.41, 5.74) is 1.45. The van der Waals surface area contributed by atoms with Gasteiger partial charge >= 0.3 is 8.80 Å². The molecule has 1 aliphatic carbocycles. The van der Waals surface area contributed by atoms with Gasteiger partial charge in [-0.05, 0) is 33.6 Å². The van der Waals surface area contributed by atoms with Crippen molar-refractivity contribution in [2.75, 3.05) is 19.8 Å². The zero-order valence-electron chi connectivity index (χ0n) is 11.2. The van der Waals surface area contributed by atoms with Gasteiger partial charge in [0.25, 0.3) is 0 Å². The molecule has 0 N–H and O–H groups in total. The minimum absolute atomic E-state index is 0.656. The van der Waals surface area contributed by atoms with Crippen LogP contribution >= 0.6 is 0 Å². The van der Waals surface area contributed by atoms with E-state index in [0.29, 0.717) is 19.8 Å². The van der Waals surface area contributed by atoms with Gasteiger partial charge in [0.05, 0.1) is 0 Å². The van der Waals surface area contributed by atoms with Gasteiger partial charge in [0.1, 0.15) is 0 Å². The minimum atomic E-state index is -2.43. The lowest BCUT2D eigenvalue weighted by Gasteiger charge is -2.28. The van der Waals surface area contributed by atoms with Crippen LogP contribution in [0.1, 0.15) is 33.6 Å². The summed E-state index contributed by atoms with van der Waals surface area (Å²) >= 11 is 0. The molecule has 0 unspecified atom stereocenters. The van der Waals surface area contributed by atoms with E-state index >= 15 is 0 Å². The van der Waals surface area contributed by atoms with E-state index in [0.717, 1.165) is 18.9 Å². The molecule has 0 saturated heterocycles. The molecule has 0 aromatic rings. The third kappa shape index (κ3) is 4.75. The van der Waals surface area contributed by atoms with Crippen LogP contribution in [0.3, 0.4) is 0 Å². The molecule has 1 rings (SSSR count). The molecular formula is C13H24O3Si. The van der Waals surface area contributed by atoms with Crippen molar-refractivity contribution in [3.05, 3.63) is 23.8 Å². The molecular weight excluding hydrogens is 232 g/mol. The Labute approximate surface area is 106 Å². The highest BCUT2D eigenvalue weighted by Crippen LogP contribution is 2.24. The summed E-state index contributed by atoms with van der Waals surface area (Å²) in [5.74, 6) is 0. The molecule has 1 aliphatic rings. The number of allylic oxidation sites excluding steroid dienone is 4. The summed E-state index contributed by atoms with van der Waals surface area (Å²) in [6, 6.07) is 0.885. The van der Waals surface area contributed by atoms with Crippen molar-refractivity contribution in [3.8, 4) is 0 Å². The van der Waals surface area contributed by atoms with Gasteiger partial charge in [-0.3, -0.25) is 0 Å². The summed E-state index contributed by atoms with van der Waals surface area (Å²) < 4.78 is 17.5. The third-order valence-corrected chi connectivity index (χ3v) is 5.74. The Hall–Kier alpha value is -0.423. The molecule has 98 valence electrons. The first kappa shape index (κ1) is 14.6. The molecule has 3 nitrogen and oxygen atoms in total. The zero-order valence-corrected chi connectivity index (χ0v) is 12.2. The van der Waals surface area contributed by atoms with Crippen LogP contribution in [0.15, 0.2) is 23.8 Å². The fourth-order valence-electron chi connectivity index (χ4n) is 1.99. The van der Waals surface area contributed by atoms with Gasteiger partial charge in [-0.15, -0.1) is 0 Å². The van der Waals surface area contributed by atoms with E-state index < -0.39 is 8.80 Å². The predicted octanol–water partition coefficient (Wildman–Crippen LogP) is 3.31. The molecule has 0 aromatic carbocycles. The molecule has 0 saturated carbocycles. The van der Waals surface area contributed by atoms with E-state index in [4.69, 9.17) is 13.3 Å². The van der Waals surface area contributed by atoms with E-state index in [2.05, 4.69) is 18.2 Å². The van der Waals surface area contributed by atoms with E-state index in [1.807, 2.05) is 20.8 Å². The van der Waals surface area contributed by atoms with Crippen molar-refractivity contribution < 1.29 is 13.3 Å². The van der Waals surface area contributed by atoms with Crippen molar-refractivity contribution in [3.63, 3.8) is 0 Å². The van der Waals surface area contributed by atoms with Crippen LogP contribution in [0.4, 0.5) is 0 Å². The van der Waals surface area contributed by atoms with Crippen LogP contribution < -0.4 is 0 Å². The van der Waals surface area contributed by atoms with Gasteiger partial charge in [-0.2, -0.15) is 0 Å². The Morgan fingerprint density at radius 3 is 2.06 bits per heavy atom. The average molecular weight is 256 g/mol. The molecule has 0 spiro atoms. The Morgan fingerprint density at radius 2 is 1.65 bits per heavy atom. The first-order chi connectivity index (χ1) is 8.26. The molecule has 0 amide bonds. The Kier molecular flexibility index (Phi) is 6.73. The molecule has 0 aliphatic heterocycles. The van der Waals surface area contributed by atoms with Crippen LogP contribution in [-0.2, 0) is 13.3 Å². The normalized spacial score (nSPS) is 15.4. The van der Waals surface area contributed by atoms with E-state index in [9.17, 15) is 0 Å². The second-order valence-electron chi connectivity index (χ2n) is 3.94. The summed E-state index contributed by atoms with van der Waals surface area (Å²) in [6.07, 6.45) is 8.55. The molecule has 17 heavy (non-hydrogen) atoms. The van der Waals surface area contributed by atoms with Crippen LogP contribution in [0, 0.1) is 0 Å². The van der Waals surface area contributed by atoms with Gasteiger partial charge < -0.3 is 13.3 Å². The standard InChI is InChI=1S/C13H24O3Si/c1-4-14-17(15-5-2,16-6-3)12-11-13-9-7-8-10-13/h7-9H,4-6,10-12H2,1-3H3. The van der Waals surface area contributed by atoms with Crippen molar-refractivity contribution >= 4 is 8.80 Å². The van der Waals surface area contributed by atoms with E-state index in [-0.39, 0.29) is 0 Å². The molecule has 0 atom stereocenters. The molecule has 0 aromatic heterocycles. The Morgan fingerprint density at radius 1 is 1.06 bits per heavy atom. The van der Waals surface area contributed by atoms with Gasteiger partial charge in [0.15, 0.2) is 0 Å². The maximum absolute atomic E-state index is 5.82. The molecule has 0 radical (unpaired) electrons. The topological polar surface area (TPSA) is 27.7 Å². The smallest absolute Gasteiger partial charge is 0.374 e. The van der Waals surface area contributed by atoms with Gasteiger partial charge in [-0.25, -0.2) is 0 Å². The molecule has 0 heterocycles. The van der Waals surface area contributed by atoms with Crippen LogP contribution in [-0.4, -0.2) is 28.6 Å². The van der Waals surface area contributed by atoms with Crippen LogP contribution in [0.2, 0.25) is 6.04 Å². The lowest BCUT2D eigenvalue weighted by Crippen LogP contribution is -2.45. The fourth-order valence-corrected chi connectivity index (χ4v) is 4.62. The number of rotatable bonds is 9. The SMILES string of the molecule is CCO[Si](CCC1=CC=CC1)(OCC)OCC. The Balaban J connectivity index is 2.53. The van der Waals surface area contributed by atoms with Gasteiger partial charge in [-0.1, -0.05) is 23.8 Å². The summed E-state index contributed by atoms with van der Waals surface area (Å²) in [6.45, 7) is 7.96. The zero-order chi connectivity index (χ0) is 12.6. The Bertz CT molecular complexity index is 257. The first-order valence-corrected chi connectivity index (χ1v) is 8.46. The van der Waals surface area contributed by atoms with E-state index in [1.54, 1.807) is 0 Å². The average Bonchev–Trinajstić information content (AvgIpc) is 2.80. The molecule has 4 heteroatoms. The maximum atomic E-state index is 5.82. The lowest BCUT2D eigenvalue weighted by molar-refractivity contribution is 0.0714. The highest BCUT2D eigenvalue weighted by molar-refractivity contribution is 6.60. The summed E-state index contributed by atoms with van der Waals surface area (Å²) in [4.78, 5) is 0. The third-order valence-electron chi connectivity index (χ3n) is 2.69. The lowest BCUT2D eigenvalue weighted by atomic mass is 10.2. The molecule has 0 fully saturated rings. The van der Waals surface area contributed by atoms with E-state index in [1.165, 1.54) is 5.57 Å².